The van der Waals surface area contributed by atoms with E-state index in [9.17, 15) is 14.0 Å². The number of likely N-dealkylation sites (tertiary alicyclic amines) is 1. The highest BCUT2D eigenvalue weighted by atomic mass is 19.1. The Labute approximate surface area is 133 Å². The Morgan fingerprint density at radius 3 is 2.70 bits per heavy atom. The summed E-state index contributed by atoms with van der Waals surface area (Å²) in [5.74, 6) is -0.781. The van der Waals surface area contributed by atoms with E-state index < -0.39 is 17.5 Å². The van der Waals surface area contributed by atoms with Crippen molar-refractivity contribution in [3.63, 3.8) is 0 Å². The highest BCUT2D eigenvalue weighted by molar-refractivity contribution is 5.78. The molecule has 0 saturated carbocycles. The van der Waals surface area contributed by atoms with Gasteiger partial charge < -0.3 is 14.6 Å². The molecule has 2 heterocycles. The molecule has 23 heavy (non-hydrogen) atoms. The van der Waals surface area contributed by atoms with Crippen LogP contribution in [0.4, 0.5) is 9.18 Å². The summed E-state index contributed by atoms with van der Waals surface area (Å²) < 4.78 is 23.7. The van der Waals surface area contributed by atoms with E-state index in [1.54, 1.807) is 26.8 Å². The topological polar surface area (TPSA) is 84.7 Å². The lowest BCUT2D eigenvalue weighted by Gasteiger charge is -2.35. The van der Waals surface area contributed by atoms with Crippen LogP contribution in [0.15, 0.2) is 28.3 Å². The quantitative estimate of drug-likeness (QED) is 0.912. The van der Waals surface area contributed by atoms with Crippen molar-refractivity contribution < 1.29 is 23.2 Å². The monoisotopic (exact) mass is 325 g/mol. The fraction of sp³-hybridized carbons (Fsp3) is 0.533. The molecule has 0 atom stereocenters. The second-order valence-electron chi connectivity index (χ2n) is 6.29. The van der Waals surface area contributed by atoms with Gasteiger partial charge in [-0.25, -0.2) is 9.18 Å². The van der Waals surface area contributed by atoms with E-state index in [-0.39, 0.29) is 32.0 Å². The van der Waals surface area contributed by atoms with Crippen LogP contribution in [0.1, 0.15) is 26.5 Å². The van der Waals surface area contributed by atoms with Crippen molar-refractivity contribution in [3.8, 4) is 0 Å². The van der Waals surface area contributed by atoms with Gasteiger partial charge in [-0.15, -0.1) is 0 Å². The zero-order valence-electron chi connectivity index (χ0n) is 13.4. The SMILES string of the molecule is CC(C)(C)OC(=O)N1CC(=C(F)CNC(=O)Cc2ccon2)C1. The minimum absolute atomic E-state index is 0.0309. The lowest BCUT2D eigenvalue weighted by atomic mass is 10.1. The third kappa shape index (κ3) is 5.08. The van der Waals surface area contributed by atoms with Gasteiger partial charge in [0.15, 0.2) is 0 Å². The molecular weight excluding hydrogens is 305 g/mol. The maximum absolute atomic E-state index is 13.9. The molecule has 1 fully saturated rings. The number of hydrogen-bond donors (Lipinski definition) is 1. The maximum Gasteiger partial charge on any atom is 0.410 e. The van der Waals surface area contributed by atoms with Crippen LogP contribution in [0.25, 0.3) is 0 Å². The van der Waals surface area contributed by atoms with E-state index in [1.165, 1.54) is 11.2 Å². The highest BCUT2D eigenvalue weighted by Crippen LogP contribution is 2.22. The molecule has 126 valence electrons. The Morgan fingerprint density at radius 2 is 2.13 bits per heavy atom. The Morgan fingerprint density at radius 1 is 1.43 bits per heavy atom. The molecule has 1 aliphatic heterocycles. The molecule has 1 aromatic rings. The second kappa shape index (κ2) is 6.80. The first kappa shape index (κ1) is 17.0. The van der Waals surface area contributed by atoms with Gasteiger partial charge in [0, 0.05) is 24.7 Å². The van der Waals surface area contributed by atoms with Crippen LogP contribution < -0.4 is 5.32 Å². The Balaban J connectivity index is 1.74. The molecule has 2 amide bonds. The summed E-state index contributed by atoms with van der Waals surface area (Å²) in [6.07, 6.45) is 0.928. The van der Waals surface area contributed by atoms with Crippen LogP contribution >= 0.6 is 0 Å². The molecule has 1 N–H and O–H groups in total. The number of nitrogens with zero attached hydrogens (tertiary/aromatic N) is 2. The van der Waals surface area contributed by atoms with Crippen LogP contribution in [0.3, 0.4) is 0 Å². The summed E-state index contributed by atoms with van der Waals surface area (Å²) in [7, 11) is 0. The molecule has 0 unspecified atom stereocenters. The number of ether oxygens (including phenoxy) is 1. The fourth-order valence-electron chi connectivity index (χ4n) is 1.90. The van der Waals surface area contributed by atoms with Crippen molar-refractivity contribution in [2.24, 2.45) is 0 Å². The standard InChI is InChI=1S/C15H20FN3O4/c1-15(2,3)23-14(21)19-8-10(9-19)12(16)7-17-13(20)6-11-4-5-22-18-11/h4-5H,6-9H2,1-3H3,(H,17,20). The number of rotatable bonds is 4. The summed E-state index contributed by atoms with van der Waals surface area (Å²) in [4.78, 5) is 24.7. The summed E-state index contributed by atoms with van der Waals surface area (Å²) >= 11 is 0. The van der Waals surface area contributed by atoms with Crippen molar-refractivity contribution >= 4 is 12.0 Å². The first-order valence-electron chi connectivity index (χ1n) is 7.25. The van der Waals surface area contributed by atoms with Crippen molar-refractivity contribution in [2.75, 3.05) is 19.6 Å². The minimum Gasteiger partial charge on any atom is -0.444 e. The summed E-state index contributed by atoms with van der Waals surface area (Å²) in [6, 6.07) is 1.57. The predicted octanol–water partition coefficient (Wildman–Crippen LogP) is 1.81. The van der Waals surface area contributed by atoms with Gasteiger partial charge in [0.1, 0.15) is 17.7 Å². The first-order valence-corrected chi connectivity index (χ1v) is 7.25. The van der Waals surface area contributed by atoms with E-state index in [2.05, 4.69) is 15.0 Å². The van der Waals surface area contributed by atoms with Crippen LogP contribution in [0.5, 0.6) is 0 Å². The Bertz CT molecular complexity index is 597. The van der Waals surface area contributed by atoms with Gasteiger partial charge in [-0.2, -0.15) is 0 Å². The lowest BCUT2D eigenvalue weighted by molar-refractivity contribution is -0.120. The van der Waals surface area contributed by atoms with Crippen LogP contribution in [-0.4, -0.2) is 47.3 Å². The van der Waals surface area contributed by atoms with Crippen molar-refractivity contribution in [1.29, 1.82) is 0 Å². The molecule has 1 aliphatic rings. The van der Waals surface area contributed by atoms with E-state index >= 15 is 0 Å². The zero-order chi connectivity index (χ0) is 17.0. The molecule has 1 aromatic heterocycles. The minimum atomic E-state index is -0.579. The maximum atomic E-state index is 13.9. The smallest absolute Gasteiger partial charge is 0.410 e. The van der Waals surface area contributed by atoms with Gasteiger partial charge in [0.2, 0.25) is 5.91 Å². The molecule has 0 radical (unpaired) electrons. The normalized spacial score (nSPS) is 14.3. The number of amides is 2. The Hall–Kier alpha value is -2.38. The van der Waals surface area contributed by atoms with Gasteiger partial charge in [-0.3, -0.25) is 9.69 Å². The number of hydrogen-bond acceptors (Lipinski definition) is 5. The van der Waals surface area contributed by atoms with E-state index in [4.69, 9.17) is 4.74 Å². The number of carbonyl (C=O) groups is 2. The third-order valence-electron chi connectivity index (χ3n) is 3.07. The van der Waals surface area contributed by atoms with Crippen molar-refractivity contribution in [3.05, 3.63) is 29.4 Å². The molecule has 0 bridgehead atoms. The summed E-state index contributed by atoms with van der Waals surface area (Å²) in [5, 5.41) is 6.07. The van der Waals surface area contributed by atoms with Gasteiger partial charge in [0.05, 0.1) is 18.7 Å². The molecular formula is C15H20FN3O4. The van der Waals surface area contributed by atoms with Crippen molar-refractivity contribution in [2.45, 2.75) is 32.8 Å². The average molecular weight is 325 g/mol. The largest absolute Gasteiger partial charge is 0.444 e. The molecule has 0 aliphatic carbocycles. The van der Waals surface area contributed by atoms with Crippen LogP contribution in [0, 0.1) is 0 Å². The highest BCUT2D eigenvalue weighted by Gasteiger charge is 2.31. The number of aromatic nitrogens is 1. The first-order chi connectivity index (χ1) is 10.7. The molecule has 8 heteroatoms. The van der Waals surface area contributed by atoms with Gasteiger partial charge in [-0.1, -0.05) is 5.16 Å². The molecule has 0 aromatic carbocycles. The van der Waals surface area contributed by atoms with Crippen LogP contribution in [0.2, 0.25) is 0 Å². The predicted molar refractivity (Wildman–Crippen MR) is 79.2 cm³/mol. The Kier molecular flexibility index (Phi) is 5.02. The van der Waals surface area contributed by atoms with E-state index in [1.807, 2.05) is 0 Å². The van der Waals surface area contributed by atoms with Gasteiger partial charge in [-0.05, 0) is 20.8 Å². The molecule has 0 spiro atoms. The van der Waals surface area contributed by atoms with E-state index in [0.717, 1.165) is 0 Å². The fourth-order valence-corrected chi connectivity index (χ4v) is 1.90. The molecule has 2 rings (SSSR count). The molecule has 1 saturated heterocycles. The second-order valence-corrected chi connectivity index (χ2v) is 6.29. The van der Waals surface area contributed by atoms with Gasteiger partial charge in [0.25, 0.3) is 0 Å². The summed E-state index contributed by atoms with van der Waals surface area (Å²) in [5.41, 5.74) is 0.386. The number of halogens is 1. The average Bonchev–Trinajstić information content (AvgIpc) is 2.85. The van der Waals surface area contributed by atoms with E-state index in [0.29, 0.717) is 11.3 Å². The van der Waals surface area contributed by atoms with Crippen LogP contribution in [-0.2, 0) is 16.0 Å². The van der Waals surface area contributed by atoms with Crippen molar-refractivity contribution in [1.82, 2.24) is 15.4 Å². The van der Waals surface area contributed by atoms with Gasteiger partial charge >= 0.3 is 6.09 Å². The number of nitrogens with one attached hydrogen (secondary N) is 1. The molecule has 7 nitrogen and oxygen atoms in total. The zero-order valence-corrected chi connectivity index (χ0v) is 13.4. The summed E-state index contributed by atoms with van der Waals surface area (Å²) in [6.45, 7) is 5.47. The third-order valence-corrected chi connectivity index (χ3v) is 3.07. The lowest BCUT2D eigenvalue weighted by Crippen LogP contribution is -2.47. The number of carbonyl (C=O) groups excluding carboxylic acids is 2.